The van der Waals surface area contributed by atoms with Crippen LogP contribution in [-0.2, 0) is 19.1 Å². The highest BCUT2D eigenvalue weighted by atomic mass is 16.5. The summed E-state index contributed by atoms with van der Waals surface area (Å²) >= 11 is 0. The second kappa shape index (κ2) is 6.66. The predicted octanol–water partition coefficient (Wildman–Crippen LogP) is 2.15. The zero-order valence-corrected chi connectivity index (χ0v) is 11.4. The van der Waals surface area contributed by atoms with Crippen LogP contribution in [0.2, 0.25) is 0 Å². The number of Topliss-reactive ketones (excluding diaryl/α,β-unsaturated/α-hetero) is 2. The number of carbonyl (C=O) groups is 3. The van der Waals surface area contributed by atoms with Crippen molar-refractivity contribution in [3.8, 4) is 0 Å². The van der Waals surface area contributed by atoms with Crippen molar-refractivity contribution in [3.63, 3.8) is 0 Å². The minimum absolute atomic E-state index is 0.00296. The molecular weight excluding hydrogens is 232 g/mol. The molecule has 0 aromatic heterocycles. The van der Waals surface area contributed by atoms with E-state index in [-0.39, 0.29) is 29.8 Å². The third kappa shape index (κ3) is 3.40. The van der Waals surface area contributed by atoms with Crippen molar-refractivity contribution in [2.45, 2.75) is 46.0 Å². The van der Waals surface area contributed by atoms with Gasteiger partial charge in [0.1, 0.15) is 11.7 Å². The molecule has 1 fully saturated rings. The number of hydrogen-bond acceptors (Lipinski definition) is 4. The van der Waals surface area contributed by atoms with Crippen molar-refractivity contribution in [2.24, 2.45) is 17.8 Å². The van der Waals surface area contributed by atoms with Gasteiger partial charge in [-0.2, -0.15) is 0 Å². The topological polar surface area (TPSA) is 60.4 Å². The van der Waals surface area contributed by atoms with E-state index in [1.165, 1.54) is 7.11 Å². The maximum atomic E-state index is 12.1. The SMILES string of the molecule is CCC(C)C(=O)CC(C(=O)OC)C(=O)C1CCC1. The van der Waals surface area contributed by atoms with Crippen LogP contribution >= 0.6 is 0 Å². The Hall–Kier alpha value is -1.19. The van der Waals surface area contributed by atoms with Crippen LogP contribution in [0.15, 0.2) is 0 Å². The van der Waals surface area contributed by atoms with E-state index in [9.17, 15) is 14.4 Å². The highest BCUT2D eigenvalue weighted by molar-refractivity contribution is 6.03. The van der Waals surface area contributed by atoms with E-state index in [1.54, 1.807) is 0 Å². The van der Waals surface area contributed by atoms with Crippen molar-refractivity contribution in [3.05, 3.63) is 0 Å². The second-order valence-corrected chi connectivity index (χ2v) is 5.09. The van der Waals surface area contributed by atoms with E-state index >= 15 is 0 Å². The number of methoxy groups -OCH3 is 1. The fourth-order valence-electron chi connectivity index (χ4n) is 2.05. The molecule has 0 radical (unpaired) electrons. The monoisotopic (exact) mass is 254 g/mol. The lowest BCUT2D eigenvalue weighted by Gasteiger charge is -2.27. The molecule has 102 valence electrons. The Kier molecular flexibility index (Phi) is 5.51. The minimum atomic E-state index is -0.887. The summed E-state index contributed by atoms with van der Waals surface area (Å²) in [4.78, 5) is 35.6. The molecule has 4 heteroatoms. The molecule has 0 aliphatic heterocycles. The summed E-state index contributed by atoms with van der Waals surface area (Å²) in [6.07, 6.45) is 3.43. The third-order valence-electron chi connectivity index (χ3n) is 3.90. The molecule has 1 aliphatic rings. The van der Waals surface area contributed by atoms with Gasteiger partial charge in [-0.25, -0.2) is 0 Å². The largest absolute Gasteiger partial charge is 0.468 e. The quantitative estimate of drug-likeness (QED) is 0.516. The highest BCUT2D eigenvalue weighted by Gasteiger charge is 2.37. The molecule has 2 unspecified atom stereocenters. The van der Waals surface area contributed by atoms with Gasteiger partial charge in [-0.1, -0.05) is 20.3 Å². The number of ether oxygens (including phenoxy) is 1. The lowest BCUT2D eigenvalue weighted by atomic mass is 9.76. The van der Waals surface area contributed by atoms with Crippen molar-refractivity contribution in [2.75, 3.05) is 7.11 Å². The summed E-state index contributed by atoms with van der Waals surface area (Å²) in [5.41, 5.74) is 0. The Morgan fingerprint density at radius 2 is 1.89 bits per heavy atom. The normalized spacial score (nSPS) is 18.6. The summed E-state index contributed by atoms with van der Waals surface area (Å²) < 4.78 is 4.65. The van der Waals surface area contributed by atoms with Crippen molar-refractivity contribution < 1.29 is 19.1 Å². The Balaban J connectivity index is 2.69. The van der Waals surface area contributed by atoms with Gasteiger partial charge in [0.2, 0.25) is 0 Å². The lowest BCUT2D eigenvalue weighted by molar-refractivity contribution is -0.153. The molecule has 1 saturated carbocycles. The Morgan fingerprint density at radius 3 is 2.28 bits per heavy atom. The van der Waals surface area contributed by atoms with E-state index in [1.807, 2.05) is 13.8 Å². The van der Waals surface area contributed by atoms with Crippen LogP contribution in [0.1, 0.15) is 46.0 Å². The fourth-order valence-corrected chi connectivity index (χ4v) is 2.05. The standard InChI is InChI=1S/C14H22O4/c1-4-9(2)12(15)8-11(14(17)18-3)13(16)10-6-5-7-10/h9-11H,4-8H2,1-3H3. The highest BCUT2D eigenvalue weighted by Crippen LogP contribution is 2.31. The second-order valence-electron chi connectivity index (χ2n) is 5.09. The van der Waals surface area contributed by atoms with Gasteiger partial charge in [0.15, 0.2) is 5.78 Å². The Bertz CT molecular complexity index is 331. The molecule has 0 saturated heterocycles. The number of ketones is 2. The number of carbonyl (C=O) groups excluding carboxylic acids is 3. The zero-order chi connectivity index (χ0) is 13.7. The lowest BCUT2D eigenvalue weighted by Crippen LogP contribution is -2.36. The maximum Gasteiger partial charge on any atom is 0.316 e. The Morgan fingerprint density at radius 1 is 1.28 bits per heavy atom. The third-order valence-corrected chi connectivity index (χ3v) is 3.90. The minimum Gasteiger partial charge on any atom is -0.468 e. The number of esters is 1. The van der Waals surface area contributed by atoms with Gasteiger partial charge in [0.05, 0.1) is 7.11 Å². The van der Waals surface area contributed by atoms with Gasteiger partial charge in [0, 0.05) is 18.3 Å². The van der Waals surface area contributed by atoms with Gasteiger partial charge >= 0.3 is 5.97 Å². The summed E-state index contributed by atoms with van der Waals surface area (Å²) in [7, 11) is 1.26. The van der Waals surface area contributed by atoms with E-state index in [0.29, 0.717) is 0 Å². The first-order valence-electron chi connectivity index (χ1n) is 6.65. The first-order chi connectivity index (χ1) is 8.51. The number of rotatable bonds is 7. The number of hydrogen-bond donors (Lipinski definition) is 0. The predicted molar refractivity (Wildman–Crippen MR) is 66.9 cm³/mol. The fraction of sp³-hybridized carbons (Fsp3) is 0.786. The van der Waals surface area contributed by atoms with Gasteiger partial charge in [-0.05, 0) is 19.3 Å². The molecule has 0 spiro atoms. The summed E-state index contributed by atoms with van der Waals surface area (Å²) in [5.74, 6) is -1.74. The van der Waals surface area contributed by atoms with Crippen LogP contribution in [0.4, 0.5) is 0 Å². The molecule has 1 rings (SSSR count). The van der Waals surface area contributed by atoms with E-state index in [4.69, 9.17) is 0 Å². The van der Waals surface area contributed by atoms with E-state index in [0.717, 1.165) is 25.7 Å². The molecule has 0 N–H and O–H groups in total. The van der Waals surface area contributed by atoms with Crippen molar-refractivity contribution in [1.29, 1.82) is 0 Å². The van der Waals surface area contributed by atoms with Gasteiger partial charge in [-0.3, -0.25) is 14.4 Å². The van der Waals surface area contributed by atoms with Crippen LogP contribution in [0.25, 0.3) is 0 Å². The average Bonchev–Trinajstić information content (AvgIpc) is 2.31. The molecule has 0 aromatic carbocycles. The molecule has 2 atom stereocenters. The van der Waals surface area contributed by atoms with Crippen molar-refractivity contribution >= 4 is 17.5 Å². The Labute approximate surface area is 108 Å². The van der Waals surface area contributed by atoms with Gasteiger partial charge in [0.25, 0.3) is 0 Å². The van der Waals surface area contributed by atoms with Crippen molar-refractivity contribution in [1.82, 2.24) is 0 Å². The first-order valence-corrected chi connectivity index (χ1v) is 6.65. The average molecular weight is 254 g/mol. The summed E-state index contributed by atoms with van der Waals surface area (Å²) in [6.45, 7) is 3.74. The van der Waals surface area contributed by atoms with Gasteiger partial charge in [-0.15, -0.1) is 0 Å². The first kappa shape index (κ1) is 14.9. The molecule has 0 aromatic rings. The summed E-state index contributed by atoms with van der Waals surface area (Å²) in [6, 6.07) is 0. The molecule has 0 heterocycles. The van der Waals surface area contributed by atoms with Crippen LogP contribution in [0.3, 0.4) is 0 Å². The molecule has 0 amide bonds. The molecule has 0 bridgehead atoms. The van der Waals surface area contributed by atoms with Crippen LogP contribution < -0.4 is 0 Å². The molecular formula is C14H22O4. The van der Waals surface area contributed by atoms with E-state index < -0.39 is 11.9 Å². The van der Waals surface area contributed by atoms with Gasteiger partial charge < -0.3 is 4.74 Å². The zero-order valence-electron chi connectivity index (χ0n) is 11.4. The van der Waals surface area contributed by atoms with Crippen LogP contribution in [0.5, 0.6) is 0 Å². The maximum absolute atomic E-state index is 12.1. The summed E-state index contributed by atoms with van der Waals surface area (Å²) in [5, 5.41) is 0. The molecule has 1 aliphatic carbocycles. The smallest absolute Gasteiger partial charge is 0.316 e. The molecule has 4 nitrogen and oxygen atoms in total. The van der Waals surface area contributed by atoms with E-state index in [2.05, 4.69) is 4.74 Å². The molecule has 18 heavy (non-hydrogen) atoms. The van der Waals surface area contributed by atoms with Crippen LogP contribution in [-0.4, -0.2) is 24.6 Å². The van der Waals surface area contributed by atoms with Crippen LogP contribution in [0, 0.1) is 17.8 Å².